The lowest BCUT2D eigenvalue weighted by atomic mass is 9.69. The topological polar surface area (TPSA) is 92.2 Å². The minimum atomic E-state index is -0.365. The molecule has 4 heterocycles. The second kappa shape index (κ2) is 14.2. The van der Waals surface area contributed by atoms with Gasteiger partial charge in [-0.1, -0.05) is 48.5 Å². The number of phenolic OH excluding ortho intramolecular Hbond substituents is 1. The van der Waals surface area contributed by atoms with Crippen molar-refractivity contribution in [2.24, 2.45) is 0 Å². The van der Waals surface area contributed by atoms with E-state index in [1.807, 2.05) is 18.2 Å². The van der Waals surface area contributed by atoms with Crippen molar-refractivity contribution in [2.75, 3.05) is 55.6 Å². The number of fused-ring (bicyclic) bond motifs is 1. The second-order valence-corrected chi connectivity index (χ2v) is 14.3. The molecule has 3 amide bonds. The average Bonchev–Trinajstić information content (AvgIpc) is 3.15. The van der Waals surface area contributed by atoms with Crippen LogP contribution in [0, 0.1) is 0 Å². The number of benzene rings is 3. The van der Waals surface area contributed by atoms with E-state index in [4.69, 9.17) is 0 Å². The Hall–Kier alpha value is -4.73. The van der Waals surface area contributed by atoms with E-state index in [-0.39, 0.29) is 17.9 Å². The third-order valence-corrected chi connectivity index (χ3v) is 11.4. The number of nitrogens with zero attached hydrogens (tertiary/aromatic N) is 5. The molecule has 0 saturated carbocycles. The molecule has 0 bridgehead atoms. The summed E-state index contributed by atoms with van der Waals surface area (Å²) >= 11 is 0. The first-order chi connectivity index (χ1) is 24.5. The van der Waals surface area contributed by atoms with Gasteiger partial charge in [0.2, 0.25) is 5.91 Å². The number of pyridine rings is 1. The number of aromatic hydroxyl groups is 1. The molecular formula is C41H46N6O3. The van der Waals surface area contributed by atoms with Gasteiger partial charge in [-0.2, -0.15) is 0 Å². The molecule has 9 nitrogen and oxygen atoms in total. The number of nitrogens with one attached hydrogen (secondary N) is 1. The molecule has 3 saturated heterocycles. The highest BCUT2D eigenvalue weighted by Gasteiger charge is 2.33. The Kier molecular flexibility index (Phi) is 9.25. The Morgan fingerprint density at radius 3 is 2.32 bits per heavy atom. The fraction of sp³-hybridized carbons (Fsp3) is 0.390. The zero-order valence-electron chi connectivity index (χ0n) is 28.6. The minimum absolute atomic E-state index is 0.224. The summed E-state index contributed by atoms with van der Waals surface area (Å²) in [4.78, 5) is 37.8. The molecular weight excluding hydrogens is 624 g/mol. The minimum Gasteiger partial charge on any atom is -0.508 e. The van der Waals surface area contributed by atoms with Gasteiger partial charge in [-0.3, -0.25) is 29.8 Å². The highest BCUT2D eigenvalue weighted by atomic mass is 16.3. The summed E-state index contributed by atoms with van der Waals surface area (Å²) in [5.41, 5.74) is 8.49. The predicted octanol–water partition coefficient (Wildman–Crippen LogP) is 5.88. The van der Waals surface area contributed by atoms with Gasteiger partial charge in [0, 0.05) is 82.6 Å². The van der Waals surface area contributed by atoms with Crippen LogP contribution in [0.25, 0.3) is 0 Å². The van der Waals surface area contributed by atoms with Gasteiger partial charge in [0.05, 0.1) is 11.9 Å². The van der Waals surface area contributed by atoms with E-state index in [2.05, 4.69) is 85.7 Å². The third-order valence-electron chi connectivity index (χ3n) is 11.4. The van der Waals surface area contributed by atoms with E-state index in [1.165, 1.54) is 27.9 Å². The molecule has 50 heavy (non-hydrogen) atoms. The summed E-state index contributed by atoms with van der Waals surface area (Å²) < 4.78 is 0. The van der Waals surface area contributed by atoms with Crippen molar-refractivity contribution >= 4 is 23.3 Å². The summed E-state index contributed by atoms with van der Waals surface area (Å²) in [7, 11) is 0. The van der Waals surface area contributed by atoms with E-state index in [0.29, 0.717) is 30.7 Å². The first-order valence-electron chi connectivity index (χ1n) is 18.2. The molecule has 9 heteroatoms. The van der Waals surface area contributed by atoms with Crippen molar-refractivity contribution in [3.8, 4) is 5.75 Å². The Balaban J connectivity index is 0.873. The number of carbonyl (C=O) groups excluding carboxylic acids is 2. The van der Waals surface area contributed by atoms with Gasteiger partial charge < -0.3 is 10.0 Å². The average molecular weight is 671 g/mol. The second-order valence-electron chi connectivity index (χ2n) is 14.3. The number of rotatable bonds is 7. The Morgan fingerprint density at radius 2 is 1.56 bits per heavy atom. The molecule has 3 aromatic carbocycles. The van der Waals surface area contributed by atoms with Gasteiger partial charge in [0.25, 0.3) is 0 Å². The van der Waals surface area contributed by atoms with E-state index in [0.717, 1.165) is 82.7 Å². The highest BCUT2D eigenvalue weighted by Crippen LogP contribution is 2.47. The third kappa shape index (κ3) is 6.72. The van der Waals surface area contributed by atoms with E-state index >= 15 is 0 Å². The SMILES string of the molecule is O=C1CCN(c2cnccc2CN2CCN(C3CCN(c4ccc(C5c6ccc(O)cc6CCC5c5ccccc5)cc4)CC3)CC2)C(=O)N1. The molecule has 2 unspecified atom stereocenters. The number of imide groups is 1. The van der Waals surface area contributed by atoms with Crippen LogP contribution in [-0.2, 0) is 17.8 Å². The number of aromatic nitrogens is 1. The highest BCUT2D eigenvalue weighted by molar-refractivity contribution is 6.05. The summed E-state index contributed by atoms with van der Waals surface area (Å²) in [5.74, 6) is 0.800. The number of piperazine rings is 1. The van der Waals surface area contributed by atoms with Crippen LogP contribution in [0.5, 0.6) is 5.75 Å². The smallest absolute Gasteiger partial charge is 0.328 e. The first-order valence-corrected chi connectivity index (χ1v) is 18.2. The number of piperidine rings is 1. The maximum atomic E-state index is 12.5. The lowest BCUT2D eigenvalue weighted by molar-refractivity contribution is -0.120. The molecule has 0 spiro atoms. The van der Waals surface area contributed by atoms with Crippen LogP contribution in [-0.4, -0.2) is 83.7 Å². The van der Waals surface area contributed by atoms with E-state index in [1.54, 1.807) is 17.3 Å². The van der Waals surface area contributed by atoms with Gasteiger partial charge in [-0.15, -0.1) is 0 Å². The molecule has 4 aliphatic rings. The van der Waals surface area contributed by atoms with Crippen LogP contribution < -0.4 is 15.1 Å². The number of carbonyl (C=O) groups is 2. The van der Waals surface area contributed by atoms with E-state index in [9.17, 15) is 14.7 Å². The van der Waals surface area contributed by atoms with Crippen molar-refractivity contribution in [3.63, 3.8) is 0 Å². The standard InChI is InChI=1S/C41H46N6O3/c48-35-11-13-37-31(26-35)8-12-36(29-4-2-1-3-5-29)40(37)30-6-9-33(10-7-30)45-19-15-34(16-20-45)46-24-22-44(23-25-46)28-32-14-18-42-27-38(32)47-21-17-39(49)43-41(47)50/h1-7,9-11,13-14,18,26-27,34,36,40,48H,8,12,15-17,19-25,28H2,(H,43,49,50). The fourth-order valence-electron chi connectivity index (χ4n) is 8.77. The Labute approximate surface area is 294 Å². The summed E-state index contributed by atoms with van der Waals surface area (Å²) in [5, 5.41) is 12.6. The Morgan fingerprint density at radius 1 is 0.780 bits per heavy atom. The molecule has 1 aromatic heterocycles. The largest absolute Gasteiger partial charge is 0.508 e. The molecule has 4 aromatic rings. The van der Waals surface area contributed by atoms with Crippen LogP contribution >= 0.6 is 0 Å². The monoisotopic (exact) mass is 670 g/mol. The first kappa shape index (κ1) is 32.5. The maximum Gasteiger partial charge on any atom is 0.328 e. The van der Waals surface area contributed by atoms with Crippen LogP contribution in [0.15, 0.2) is 91.3 Å². The van der Waals surface area contributed by atoms with Gasteiger partial charge in [-0.25, -0.2) is 4.79 Å². The fourth-order valence-corrected chi connectivity index (χ4v) is 8.77. The molecule has 3 aliphatic heterocycles. The van der Waals surface area contributed by atoms with Crippen LogP contribution in [0.2, 0.25) is 0 Å². The molecule has 2 N–H and O–H groups in total. The maximum absolute atomic E-state index is 12.5. The van der Waals surface area contributed by atoms with Gasteiger partial charge >= 0.3 is 6.03 Å². The summed E-state index contributed by atoms with van der Waals surface area (Å²) in [6, 6.07) is 28.4. The van der Waals surface area contributed by atoms with Crippen molar-refractivity contribution in [3.05, 3.63) is 119 Å². The van der Waals surface area contributed by atoms with Gasteiger partial charge in [0.15, 0.2) is 0 Å². The van der Waals surface area contributed by atoms with Crippen LogP contribution in [0.1, 0.15) is 65.3 Å². The van der Waals surface area contributed by atoms with Crippen molar-refractivity contribution in [1.82, 2.24) is 20.1 Å². The number of hydrogen-bond acceptors (Lipinski definition) is 7. The number of aryl methyl sites for hydroxylation is 1. The molecule has 258 valence electrons. The zero-order valence-corrected chi connectivity index (χ0v) is 28.6. The van der Waals surface area contributed by atoms with Crippen LogP contribution in [0.3, 0.4) is 0 Å². The molecule has 8 rings (SSSR count). The summed E-state index contributed by atoms with van der Waals surface area (Å²) in [6.07, 6.45) is 8.21. The predicted molar refractivity (Wildman–Crippen MR) is 196 cm³/mol. The van der Waals surface area contributed by atoms with Crippen molar-refractivity contribution < 1.29 is 14.7 Å². The van der Waals surface area contributed by atoms with Gasteiger partial charge in [-0.05, 0) is 89.8 Å². The zero-order chi connectivity index (χ0) is 34.0. The lowest BCUT2D eigenvalue weighted by Gasteiger charge is -2.43. The quantitative estimate of drug-likeness (QED) is 0.254. The lowest BCUT2D eigenvalue weighted by Crippen LogP contribution is -2.53. The number of anilines is 2. The number of amides is 3. The summed E-state index contributed by atoms with van der Waals surface area (Å²) in [6.45, 7) is 7.33. The number of hydrogen-bond donors (Lipinski definition) is 2. The van der Waals surface area contributed by atoms with Crippen molar-refractivity contribution in [2.45, 2.75) is 56.5 Å². The molecule has 1 aliphatic carbocycles. The van der Waals surface area contributed by atoms with Crippen LogP contribution in [0.4, 0.5) is 16.2 Å². The number of phenols is 1. The molecule has 0 radical (unpaired) electrons. The van der Waals surface area contributed by atoms with E-state index < -0.39 is 0 Å². The Bertz CT molecular complexity index is 1820. The number of urea groups is 1. The molecule has 2 atom stereocenters. The molecule has 3 fully saturated rings. The van der Waals surface area contributed by atoms with Crippen molar-refractivity contribution in [1.29, 1.82) is 0 Å². The van der Waals surface area contributed by atoms with Gasteiger partial charge in [0.1, 0.15) is 5.75 Å². The normalized spacial score (nSPS) is 22.3.